The molecule has 4 fully saturated rings. The van der Waals surface area contributed by atoms with Crippen molar-refractivity contribution in [2.24, 2.45) is 23.2 Å². The first-order chi connectivity index (χ1) is 30.6. The van der Waals surface area contributed by atoms with Crippen LogP contribution in [0.15, 0.2) is 200 Å². The van der Waals surface area contributed by atoms with Gasteiger partial charge in [-0.3, -0.25) is 0 Å². The number of para-hydroxylation sites is 3. The Morgan fingerprint density at radius 1 is 0.435 bits per heavy atom. The molecule has 1 aromatic heterocycles. The highest BCUT2D eigenvalue weighted by atomic mass is 15.1. The SMILES string of the molecule is c1cc(N(c2ccc(-c3ccc(-c4ccccc4-n4c5ccccc5c5ccccc54)cc3)cc2)c2cc3ccccc3c3ccccc23)cc(C23C[C@@H]4CC5C[C@@H](C2)C54C3)c1. The molecule has 9 aromatic carbocycles. The third-order valence-electron chi connectivity index (χ3n) is 16.4. The van der Waals surface area contributed by atoms with Gasteiger partial charge in [-0.1, -0.05) is 152 Å². The molecule has 4 aliphatic carbocycles. The maximum atomic E-state index is 2.58. The fraction of sp³-hybridized carbons (Fsp3) is 0.167. The van der Waals surface area contributed by atoms with Gasteiger partial charge in [0.05, 0.1) is 22.4 Å². The third kappa shape index (κ3) is 4.76. The van der Waals surface area contributed by atoms with Gasteiger partial charge in [-0.2, -0.15) is 0 Å². The number of hydrogen-bond donors (Lipinski definition) is 0. The van der Waals surface area contributed by atoms with Gasteiger partial charge in [-0.05, 0) is 148 Å². The molecule has 2 heteroatoms. The van der Waals surface area contributed by atoms with Gasteiger partial charge in [0.1, 0.15) is 0 Å². The van der Waals surface area contributed by atoms with Gasteiger partial charge in [0.15, 0.2) is 0 Å². The number of rotatable bonds is 7. The van der Waals surface area contributed by atoms with Crippen LogP contribution in [0.1, 0.15) is 37.7 Å². The van der Waals surface area contributed by atoms with Crippen molar-refractivity contribution < 1.29 is 0 Å². The summed E-state index contributed by atoms with van der Waals surface area (Å²) in [4.78, 5) is 2.54. The van der Waals surface area contributed by atoms with Crippen LogP contribution >= 0.6 is 0 Å². The van der Waals surface area contributed by atoms with Crippen LogP contribution in [-0.2, 0) is 5.41 Å². The molecule has 1 heterocycles. The first-order valence-corrected chi connectivity index (χ1v) is 22.7. The minimum atomic E-state index is 0.341. The lowest BCUT2D eigenvalue weighted by Crippen LogP contribution is -2.59. The minimum Gasteiger partial charge on any atom is -0.310 e. The van der Waals surface area contributed by atoms with E-state index in [0.29, 0.717) is 10.8 Å². The predicted molar refractivity (Wildman–Crippen MR) is 259 cm³/mol. The van der Waals surface area contributed by atoms with E-state index in [1.807, 2.05) is 0 Å². The Morgan fingerprint density at radius 3 is 1.71 bits per heavy atom. The fourth-order valence-corrected chi connectivity index (χ4v) is 13.8. The molecular weight excluding hydrogens is 749 g/mol. The molecule has 296 valence electrons. The summed E-state index contributed by atoms with van der Waals surface area (Å²) >= 11 is 0. The van der Waals surface area contributed by atoms with Gasteiger partial charge >= 0.3 is 0 Å². The van der Waals surface area contributed by atoms with Crippen LogP contribution in [0.3, 0.4) is 0 Å². The van der Waals surface area contributed by atoms with Crippen LogP contribution in [-0.4, -0.2) is 4.57 Å². The first kappa shape index (κ1) is 34.8. The molecule has 0 unspecified atom stereocenters. The Labute approximate surface area is 362 Å². The zero-order valence-corrected chi connectivity index (χ0v) is 34.7. The number of hydrogen-bond acceptors (Lipinski definition) is 1. The van der Waals surface area contributed by atoms with Crippen LogP contribution in [0.5, 0.6) is 0 Å². The molecule has 0 aliphatic heterocycles. The lowest BCUT2D eigenvalue weighted by Gasteiger charge is -2.66. The van der Waals surface area contributed by atoms with Crippen molar-refractivity contribution in [2.45, 2.75) is 37.5 Å². The molecular formula is C60H46N2. The summed E-state index contributed by atoms with van der Waals surface area (Å²) in [7, 11) is 0. The topological polar surface area (TPSA) is 8.17 Å². The molecule has 2 atom stereocenters. The van der Waals surface area contributed by atoms with Crippen LogP contribution in [0.4, 0.5) is 17.1 Å². The Balaban J connectivity index is 0.854. The molecule has 0 N–H and O–H groups in total. The molecule has 0 saturated heterocycles. The van der Waals surface area contributed by atoms with Crippen molar-refractivity contribution in [1.82, 2.24) is 4.57 Å². The zero-order chi connectivity index (χ0) is 40.6. The maximum absolute atomic E-state index is 2.58. The fourth-order valence-electron chi connectivity index (χ4n) is 13.8. The monoisotopic (exact) mass is 794 g/mol. The molecule has 4 saturated carbocycles. The molecule has 2 bridgehead atoms. The number of anilines is 3. The van der Waals surface area contributed by atoms with Gasteiger partial charge in [0.25, 0.3) is 0 Å². The quantitative estimate of drug-likeness (QED) is 0.146. The standard InChI is InChI=1S/C60H46N2/c1-2-15-49-42(12-1)32-58(52-18-4-3-17-51(49)52)61(48-14-11-13-43(35-48)59-36-45-33-44-34-46(37-59)60(44,45)38-59)47-30-28-40(29-31-47)39-24-26-41(27-25-39)50-16-5-8-21-55(50)62-56-22-9-6-19-53(56)54-20-7-10-23-57(54)62/h1-32,35,44-46H,33-34,36-38H2/t44?,45-,46-,59?,60?/m0/s1. The Bertz CT molecular complexity index is 3360. The van der Waals surface area contributed by atoms with E-state index in [1.165, 1.54) is 120 Å². The van der Waals surface area contributed by atoms with Crippen molar-refractivity contribution >= 4 is 60.4 Å². The van der Waals surface area contributed by atoms with Crippen molar-refractivity contribution in [1.29, 1.82) is 0 Å². The summed E-state index contributed by atoms with van der Waals surface area (Å²) in [5.41, 5.74) is 14.7. The third-order valence-corrected chi connectivity index (χ3v) is 16.4. The predicted octanol–water partition coefficient (Wildman–Crippen LogP) is 16.0. The largest absolute Gasteiger partial charge is 0.310 e. The summed E-state index contributed by atoms with van der Waals surface area (Å²) in [5, 5.41) is 7.69. The zero-order valence-electron chi connectivity index (χ0n) is 34.7. The Morgan fingerprint density at radius 2 is 1.02 bits per heavy atom. The molecule has 0 amide bonds. The van der Waals surface area contributed by atoms with E-state index in [0.717, 1.165) is 17.8 Å². The van der Waals surface area contributed by atoms with Crippen LogP contribution in [0.2, 0.25) is 0 Å². The van der Waals surface area contributed by atoms with Crippen molar-refractivity contribution in [2.75, 3.05) is 4.90 Å². The number of aromatic nitrogens is 1. The highest BCUT2D eigenvalue weighted by Crippen LogP contribution is 2.84. The van der Waals surface area contributed by atoms with Crippen LogP contribution in [0, 0.1) is 23.2 Å². The van der Waals surface area contributed by atoms with Gasteiger partial charge in [0, 0.05) is 33.1 Å². The molecule has 1 spiro atoms. The molecule has 10 aromatic rings. The molecule has 62 heavy (non-hydrogen) atoms. The average molecular weight is 795 g/mol. The normalized spacial score (nSPS) is 23.1. The molecule has 4 aliphatic rings. The molecule has 14 rings (SSSR count). The van der Waals surface area contributed by atoms with E-state index in [2.05, 4.69) is 210 Å². The van der Waals surface area contributed by atoms with Gasteiger partial charge in [-0.25, -0.2) is 0 Å². The van der Waals surface area contributed by atoms with Crippen molar-refractivity contribution in [3.05, 3.63) is 206 Å². The van der Waals surface area contributed by atoms with E-state index >= 15 is 0 Å². The van der Waals surface area contributed by atoms with Gasteiger partial charge in [-0.15, -0.1) is 0 Å². The number of benzene rings is 9. The second kappa shape index (κ2) is 12.8. The van der Waals surface area contributed by atoms with E-state index in [9.17, 15) is 0 Å². The van der Waals surface area contributed by atoms with Crippen molar-refractivity contribution in [3.63, 3.8) is 0 Å². The molecule has 0 radical (unpaired) electrons. The summed E-state index contributed by atoms with van der Waals surface area (Å²) in [6, 6.07) is 74.8. The number of nitrogens with zero attached hydrogens (tertiary/aromatic N) is 2. The van der Waals surface area contributed by atoms with Crippen LogP contribution < -0.4 is 4.90 Å². The van der Waals surface area contributed by atoms with E-state index < -0.39 is 0 Å². The Hall–Kier alpha value is -6.90. The van der Waals surface area contributed by atoms with E-state index in [-0.39, 0.29) is 0 Å². The second-order valence-electron chi connectivity index (χ2n) is 19.1. The summed E-state index contributed by atoms with van der Waals surface area (Å²) in [6.07, 6.45) is 7.17. The number of fused-ring (bicyclic) bond motifs is 7. The van der Waals surface area contributed by atoms with Crippen molar-refractivity contribution in [3.8, 4) is 27.9 Å². The van der Waals surface area contributed by atoms with Gasteiger partial charge in [0.2, 0.25) is 0 Å². The summed E-state index contributed by atoms with van der Waals surface area (Å²) in [5.74, 6) is 2.93. The van der Waals surface area contributed by atoms with E-state index in [1.54, 1.807) is 5.56 Å². The lowest BCUT2D eigenvalue weighted by molar-refractivity contribution is -0.175. The Kier molecular flexibility index (Phi) is 7.19. The average Bonchev–Trinajstić information content (AvgIpc) is 3.95. The lowest BCUT2D eigenvalue weighted by atomic mass is 9.38. The van der Waals surface area contributed by atoms with Gasteiger partial charge < -0.3 is 9.47 Å². The van der Waals surface area contributed by atoms with Crippen LogP contribution in [0.25, 0.3) is 71.3 Å². The highest BCUT2D eigenvalue weighted by Gasteiger charge is 2.77. The second-order valence-corrected chi connectivity index (χ2v) is 19.1. The van der Waals surface area contributed by atoms with E-state index in [4.69, 9.17) is 0 Å². The highest BCUT2D eigenvalue weighted by molar-refractivity contribution is 6.14. The first-order valence-electron chi connectivity index (χ1n) is 22.7. The molecule has 2 nitrogen and oxygen atoms in total. The maximum Gasteiger partial charge on any atom is 0.0546 e. The summed E-state index contributed by atoms with van der Waals surface area (Å²) in [6.45, 7) is 0. The summed E-state index contributed by atoms with van der Waals surface area (Å²) < 4.78 is 2.43. The minimum absolute atomic E-state index is 0.341. The smallest absolute Gasteiger partial charge is 0.0546 e.